The van der Waals surface area contributed by atoms with Crippen molar-refractivity contribution < 1.29 is 8.42 Å². The highest BCUT2D eigenvalue weighted by Gasteiger charge is 2.30. The Kier molecular flexibility index (Phi) is 4.46. The lowest BCUT2D eigenvalue weighted by atomic mass is 9.98. The van der Waals surface area contributed by atoms with Gasteiger partial charge >= 0.3 is 0 Å². The summed E-state index contributed by atoms with van der Waals surface area (Å²) in [7, 11) is -3.12. The van der Waals surface area contributed by atoms with Crippen molar-refractivity contribution in [2.75, 3.05) is 18.8 Å². The number of aromatic amines is 1. The van der Waals surface area contributed by atoms with Crippen molar-refractivity contribution in [3.05, 3.63) is 42.5 Å². The molecule has 3 aromatic heterocycles. The zero-order valence-electron chi connectivity index (χ0n) is 14.6. The molecule has 0 aromatic carbocycles. The summed E-state index contributed by atoms with van der Waals surface area (Å²) in [5.41, 5.74) is 4.27. The van der Waals surface area contributed by atoms with Crippen molar-refractivity contribution in [1.29, 1.82) is 0 Å². The number of hydrogen-bond donors (Lipinski definition) is 1. The highest BCUT2D eigenvalue weighted by Crippen LogP contribution is 2.27. The van der Waals surface area contributed by atoms with Gasteiger partial charge in [0.1, 0.15) is 5.52 Å². The molecule has 0 bridgehead atoms. The van der Waals surface area contributed by atoms with Crippen molar-refractivity contribution in [3.63, 3.8) is 0 Å². The number of hydrogen-bond acceptors (Lipinski definition) is 5. The fourth-order valence-corrected chi connectivity index (χ4v) is 4.65. The van der Waals surface area contributed by atoms with Gasteiger partial charge in [-0.05, 0) is 43.9 Å². The van der Waals surface area contributed by atoms with Crippen molar-refractivity contribution in [2.24, 2.45) is 5.92 Å². The van der Waals surface area contributed by atoms with E-state index in [0.29, 0.717) is 13.1 Å². The maximum atomic E-state index is 12.1. The topological polar surface area (TPSA) is 91.8 Å². The number of nitrogens with one attached hydrogen (secondary N) is 1. The molecule has 1 fully saturated rings. The number of rotatable bonds is 5. The second-order valence-corrected chi connectivity index (χ2v) is 8.84. The minimum Gasteiger partial charge on any atom is -0.345 e. The number of aromatic nitrogens is 4. The highest BCUT2D eigenvalue weighted by atomic mass is 32.2. The van der Waals surface area contributed by atoms with E-state index in [4.69, 9.17) is 0 Å². The molecule has 1 aliphatic rings. The van der Waals surface area contributed by atoms with Crippen LogP contribution < -0.4 is 0 Å². The van der Waals surface area contributed by atoms with Crippen molar-refractivity contribution in [2.45, 2.75) is 19.8 Å². The molecule has 0 saturated carbocycles. The van der Waals surface area contributed by atoms with Crippen LogP contribution >= 0.6 is 0 Å². The van der Waals surface area contributed by atoms with E-state index >= 15 is 0 Å². The Hall–Kier alpha value is -2.32. The molecule has 3 aromatic rings. The average molecular weight is 371 g/mol. The summed E-state index contributed by atoms with van der Waals surface area (Å²) in [6, 6.07) is 5.79. The zero-order chi connectivity index (χ0) is 18.1. The van der Waals surface area contributed by atoms with Gasteiger partial charge in [0.15, 0.2) is 5.65 Å². The molecular weight excluding hydrogens is 350 g/mol. The van der Waals surface area contributed by atoms with Gasteiger partial charge in [0.05, 0.1) is 23.3 Å². The minimum absolute atomic E-state index is 0.154. The Morgan fingerprint density at radius 2 is 2.19 bits per heavy atom. The predicted octanol–water partition coefficient (Wildman–Crippen LogP) is 2.23. The van der Waals surface area contributed by atoms with Gasteiger partial charge in [-0.2, -0.15) is 0 Å². The van der Waals surface area contributed by atoms with Crippen molar-refractivity contribution in [3.8, 4) is 11.3 Å². The van der Waals surface area contributed by atoms with Gasteiger partial charge in [0.2, 0.25) is 10.0 Å². The second-order valence-electron chi connectivity index (χ2n) is 6.58. The van der Waals surface area contributed by atoms with Crippen LogP contribution in [0.2, 0.25) is 0 Å². The molecule has 7 nitrogen and oxygen atoms in total. The van der Waals surface area contributed by atoms with E-state index in [0.717, 1.165) is 41.0 Å². The third-order valence-corrected chi connectivity index (χ3v) is 6.76. The third kappa shape index (κ3) is 3.22. The fourth-order valence-electron chi connectivity index (χ4n) is 3.47. The Bertz CT molecular complexity index is 1030. The smallest absolute Gasteiger partial charge is 0.213 e. The molecule has 1 saturated heterocycles. The van der Waals surface area contributed by atoms with Crippen LogP contribution in [0.3, 0.4) is 0 Å². The zero-order valence-corrected chi connectivity index (χ0v) is 15.4. The van der Waals surface area contributed by atoms with Crippen LogP contribution in [-0.4, -0.2) is 51.5 Å². The Labute approximate surface area is 152 Å². The maximum Gasteiger partial charge on any atom is 0.213 e. The average Bonchev–Trinajstić information content (AvgIpc) is 3.31. The first-order chi connectivity index (χ1) is 12.6. The van der Waals surface area contributed by atoms with Gasteiger partial charge in [0, 0.05) is 31.0 Å². The number of pyridine rings is 1. The Morgan fingerprint density at radius 3 is 3.04 bits per heavy atom. The molecule has 0 spiro atoms. The molecule has 1 aliphatic heterocycles. The Balaban J connectivity index is 1.59. The molecule has 0 aliphatic carbocycles. The van der Waals surface area contributed by atoms with Crippen molar-refractivity contribution >= 4 is 21.2 Å². The van der Waals surface area contributed by atoms with Gasteiger partial charge in [0.25, 0.3) is 0 Å². The van der Waals surface area contributed by atoms with Crippen LogP contribution in [0.5, 0.6) is 0 Å². The molecule has 26 heavy (non-hydrogen) atoms. The summed E-state index contributed by atoms with van der Waals surface area (Å²) >= 11 is 0. The first kappa shape index (κ1) is 17.1. The number of sulfonamides is 1. The molecule has 136 valence electrons. The van der Waals surface area contributed by atoms with Crippen LogP contribution in [0.25, 0.3) is 22.4 Å². The number of nitrogens with zero attached hydrogens (tertiary/aromatic N) is 4. The van der Waals surface area contributed by atoms with Crippen LogP contribution in [0.1, 0.15) is 19.0 Å². The van der Waals surface area contributed by atoms with E-state index < -0.39 is 10.0 Å². The van der Waals surface area contributed by atoms with Gasteiger partial charge in [-0.1, -0.05) is 0 Å². The molecule has 1 atom stereocenters. The van der Waals surface area contributed by atoms with Gasteiger partial charge in [-0.25, -0.2) is 22.7 Å². The highest BCUT2D eigenvalue weighted by molar-refractivity contribution is 7.89. The number of H-pyrrole nitrogens is 1. The fraction of sp³-hybridized carbons (Fsp3) is 0.389. The van der Waals surface area contributed by atoms with Gasteiger partial charge in [-0.15, -0.1) is 0 Å². The minimum atomic E-state index is -3.12. The van der Waals surface area contributed by atoms with E-state index in [-0.39, 0.29) is 11.7 Å². The first-order valence-electron chi connectivity index (χ1n) is 8.79. The molecule has 0 radical (unpaired) electrons. The lowest BCUT2D eigenvalue weighted by Gasteiger charge is -2.16. The van der Waals surface area contributed by atoms with E-state index in [1.165, 1.54) is 0 Å². The molecule has 8 heteroatoms. The molecule has 1 N–H and O–H groups in total. The van der Waals surface area contributed by atoms with Crippen molar-refractivity contribution in [1.82, 2.24) is 24.2 Å². The lowest BCUT2D eigenvalue weighted by molar-refractivity contribution is 0.456. The summed E-state index contributed by atoms with van der Waals surface area (Å²) in [5.74, 6) is 0.426. The van der Waals surface area contributed by atoms with E-state index in [2.05, 4.69) is 19.9 Å². The molecular formula is C18H21N5O2S. The Morgan fingerprint density at radius 1 is 1.31 bits per heavy atom. The standard InChI is InChI=1S/C18H21N5O2S/c1-2-26(24,25)23-9-6-13(12-23)10-16-14(4-3-7-19-16)17-11-21-18-15(22-17)5-8-20-18/h3-5,7-8,11,13H,2,6,9-10,12H2,1H3,(H,20,21)/t13-/m0/s1. The summed E-state index contributed by atoms with van der Waals surface area (Å²) in [5, 5.41) is 0. The first-order valence-corrected chi connectivity index (χ1v) is 10.4. The number of fused-ring (bicyclic) bond motifs is 1. The predicted molar refractivity (Wildman–Crippen MR) is 100.0 cm³/mol. The quantitative estimate of drug-likeness (QED) is 0.742. The molecule has 4 heterocycles. The normalized spacial score (nSPS) is 18.6. The lowest BCUT2D eigenvalue weighted by Crippen LogP contribution is -2.30. The van der Waals surface area contributed by atoms with Crippen LogP contribution in [-0.2, 0) is 16.4 Å². The van der Waals surface area contributed by atoms with Gasteiger partial charge < -0.3 is 4.98 Å². The monoisotopic (exact) mass is 371 g/mol. The summed E-state index contributed by atoms with van der Waals surface area (Å²) < 4.78 is 25.8. The second kappa shape index (κ2) is 6.77. The van der Waals surface area contributed by atoms with Crippen LogP contribution in [0.15, 0.2) is 36.8 Å². The molecule has 4 rings (SSSR count). The third-order valence-electron chi connectivity index (χ3n) is 4.92. The summed E-state index contributed by atoms with van der Waals surface area (Å²) in [4.78, 5) is 16.7. The van der Waals surface area contributed by atoms with E-state index in [9.17, 15) is 8.42 Å². The molecule has 0 amide bonds. The van der Waals surface area contributed by atoms with Crippen LogP contribution in [0, 0.1) is 5.92 Å². The largest absolute Gasteiger partial charge is 0.345 e. The summed E-state index contributed by atoms with van der Waals surface area (Å²) in [6.07, 6.45) is 6.94. The molecule has 0 unspecified atom stereocenters. The van der Waals surface area contributed by atoms with Gasteiger partial charge in [-0.3, -0.25) is 4.98 Å². The SMILES string of the molecule is CCS(=O)(=O)N1CC[C@@H](Cc2ncccc2-c2cnc3[nH]ccc3n2)C1. The summed E-state index contributed by atoms with van der Waals surface area (Å²) in [6.45, 7) is 2.85. The van der Waals surface area contributed by atoms with E-state index in [1.807, 2.05) is 24.4 Å². The van der Waals surface area contributed by atoms with E-state index in [1.54, 1.807) is 23.6 Å². The van der Waals surface area contributed by atoms with Crippen LogP contribution in [0.4, 0.5) is 0 Å². The maximum absolute atomic E-state index is 12.1.